The third kappa shape index (κ3) is 15.4. The van der Waals surface area contributed by atoms with Gasteiger partial charge in [0, 0.05) is 6.42 Å². The van der Waals surface area contributed by atoms with Crippen molar-refractivity contribution in [3.05, 3.63) is 0 Å². The lowest BCUT2D eigenvalue weighted by Crippen LogP contribution is -1.83. The molecule has 0 bridgehead atoms. The van der Waals surface area contributed by atoms with Crippen LogP contribution in [0.4, 0.5) is 0 Å². The molecule has 0 rings (SSSR count). The van der Waals surface area contributed by atoms with Crippen molar-refractivity contribution in [1.82, 2.24) is 0 Å². The highest BCUT2D eigenvalue weighted by Gasteiger charge is 1.91. The molecule has 18 heavy (non-hydrogen) atoms. The second kappa shape index (κ2) is 16.4. The molecule has 0 saturated heterocycles. The maximum Gasteiger partial charge on any atom is 0.110 e. The minimum atomic E-state index is 0.769. The molecule has 0 unspecified atom stereocenters. The Bertz CT molecular complexity index is 199. The second-order valence-electron chi connectivity index (χ2n) is 5.06. The van der Waals surface area contributed by atoms with Gasteiger partial charge in [0.1, 0.15) is 6.11 Å². The molecule has 0 aromatic carbocycles. The van der Waals surface area contributed by atoms with Crippen molar-refractivity contribution >= 4 is 0 Å². The van der Waals surface area contributed by atoms with E-state index in [1.165, 1.54) is 64.2 Å². The van der Waals surface area contributed by atoms with Gasteiger partial charge in [-0.15, -0.1) is 0 Å². The molecular formula is C17H32O. The lowest BCUT2D eigenvalue weighted by molar-refractivity contribution is 0.277. The number of unbranched alkanes of at least 4 members (excludes halogenated alkanes) is 10. The largest absolute Gasteiger partial charge is 0.447 e. The van der Waals surface area contributed by atoms with E-state index < -0.39 is 0 Å². The first-order valence-corrected chi connectivity index (χ1v) is 8.01. The van der Waals surface area contributed by atoms with E-state index in [0.29, 0.717) is 0 Å². The van der Waals surface area contributed by atoms with Gasteiger partial charge >= 0.3 is 0 Å². The zero-order valence-electron chi connectivity index (χ0n) is 12.6. The third-order valence-corrected chi connectivity index (χ3v) is 3.11. The fourth-order valence-corrected chi connectivity index (χ4v) is 1.96. The summed E-state index contributed by atoms with van der Waals surface area (Å²) in [4.78, 5) is 0. The minimum absolute atomic E-state index is 0.769. The van der Waals surface area contributed by atoms with E-state index >= 15 is 0 Å². The van der Waals surface area contributed by atoms with Crippen molar-refractivity contribution in [2.75, 3.05) is 6.61 Å². The molecule has 0 heterocycles. The van der Waals surface area contributed by atoms with Gasteiger partial charge in [0.15, 0.2) is 0 Å². The molecule has 0 atom stereocenters. The summed E-state index contributed by atoms with van der Waals surface area (Å²) in [5, 5.41) is 0. The van der Waals surface area contributed by atoms with Crippen LogP contribution in [0.5, 0.6) is 0 Å². The highest BCUT2D eigenvalue weighted by molar-refractivity contribution is 4.90. The summed E-state index contributed by atoms with van der Waals surface area (Å²) < 4.78 is 5.11. The quantitative estimate of drug-likeness (QED) is 0.320. The molecule has 0 aliphatic rings. The van der Waals surface area contributed by atoms with Crippen LogP contribution in [0.2, 0.25) is 0 Å². The van der Waals surface area contributed by atoms with Gasteiger partial charge in [0.2, 0.25) is 0 Å². The molecule has 0 saturated carbocycles. The smallest absolute Gasteiger partial charge is 0.110 e. The minimum Gasteiger partial charge on any atom is -0.447 e. The van der Waals surface area contributed by atoms with Gasteiger partial charge in [-0.3, -0.25) is 0 Å². The molecule has 0 aromatic heterocycles. The Morgan fingerprint density at radius 1 is 0.667 bits per heavy atom. The Morgan fingerprint density at radius 3 is 1.78 bits per heavy atom. The van der Waals surface area contributed by atoms with E-state index in [0.717, 1.165) is 19.4 Å². The predicted molar refractivity (Wildman–Crippen MR) is 80.5 cm³/mol. The Hall–Kier alpha value is -0.640. The summed E-state index contributed by atoms with van der Waals surface area (Å²) in [6.07, 6.45) is 18.7. The molecule has 0 radical (unpaired) electrons. The molecule has 1 nitrogen and oxygen atoms in total. The maximum absolute atomic E-state index is 5.11. The monoisotopic (exact) mass is 252 g/mol. The Kier molecular flexibility index (Phi) is 15.8. The second-order valence-corrected chi connectivity index (χ2v) is 5.06. The van der Waals surface area contributed by atoms with Crippen LogP contribution in [0.1, 0.15) is 90.9 Å². The van der Waals surface area contributed by atoms with Crippen LogP contribution in [0, 0.1) is 12.0 Å². The van der Waals surface area contributed by atoms with Crippen molar-refractivity contribution in [2.45, 2.75) is 90.9 Å². The fourth-order valence-electron chi connectivity index (χ4n) is 1.96. The summed E-state index contributed by atoms with van der Waals surface area (Å²) in [7, 11) is 0. The van der Waals surface area contributed by atoms with E-state index in [1.54, 1.807) is 0 Å². The Balaban J connectivity index is 3.00. The lowest BCUT2D eigenvalue weighted by atomic mass is 10.1. The normalized spacial score (nSPS) is 9.89. The lowest BCUT2D eigenvalue weighted by Gasteiger charge is -2.00. The van der Waals surface area contributed by atoms with Crippen LogP contribution in [-0.2, 0) is 4.74 Å². The summed E-state index contributed by atoms with van der Waals surface area (Å²) >= 11 is 0. The predicted octanol–water partition coefficient (Wildman–Crippen LogP) is 5.68. The number of ether oxygens (including phenoxy) is 1. The molecule has 0 spiro atoms. The van der Waals surface area contributed by atoms with Crippen LogP contribution in [0.25, 0.3) is 0 Å². The highest BCUT2D eigenvalue weighted by atomic mass is 16.5. The molecule has 106 valence electrons. The van der Waals surface area contributed by atoms with E-state index in [4.69, 9.17) is 4.74 Å². The zero-order valence-corrected chi connectivity index (χ0v) is 12.6. The van der Waals surface area contributed by atoms with Crippen LogP contribution in [-0.4, -0.2) is 6.61 Å². The fraction of sp³-hybridized carbons (Fsp3) is 0.882. The SMILES string of the molecule is CCCCCCCCCCCCC#COCCC. The van der Waals surface area contributed by atoms with Crippen LogP contribution in [0.15, 0.2) is 0 Å². The van der Waals surface area contributed by atoms with Crippen LogP contribution >= 0.6 is 0 Å². The van der Waals surface area contributed by atoms with Gasteiger partial charge in [-0.25, -0.2) is 0 Å². The maximum atomic E-state index is 5.11. The molecule has 1 heteroatoms. The highest BCUT2D eigenvalue weighted by Crippen LogP contribution is 2.10. The summed E-state index contributed by atoms with van der Waals surface area (Å²) in [6.45, 7) is 5.14. The molecule has 0 aromatic rings. The molecule has 0 N–H and O–H groups in total. The Labute approximate surface area is 115 Å². The molecule has 0 aliphatic carbocycles. The van der Waals surface area contributed by atoms with Crippen molar-refractivity contribution in [3.8, 4) is 12.0 Å². The standard InChI is InChI=1S/C17H32O/c1-3-5-6-7-8-9-10-11-12-13-14-15-17-18-16-4-2/h3-14,16H2,1-2H3. The molecule has 0 aliphatic heterocycles. The van der Waals surface area contributed by atoms with Gasteiger partial charge in [-0.05, 0) is 12.8 Å². The molecule has 0 amide bonds. The summed E-state index contributed by atoms with van der Waals surface area (Å²) in [6, 6.07) is 0. The molecule has 0 fully saturated rings. The molecular weight excluding hydrogens is 220 g/mol. The number of rotatable bonds is 12. The first kappa shape index (κ1) is 17.4. The Morgan fingerprint density at radius 2 is 1.22 bits per heavy atom. The number of hydrogen-bond acceptors (Lipinski definition) is 1. The van der Waals surface area contributed by atoms with Gasteiger partial charge < -0.3 is 4.74 Å². The average Bonchev–Trinajstić information content (AvgIpc) is 2.39. The van der Waals surface area contributed by atoms with Crippen molar-refractivity contribution in [3.63, 3.8) is 0 Å². The van der Waals surface area contributed by atoms with Crippen LogP contribution in [0.3, 0.4) is 0 Å². The van der Waals surface area contributed by atoms with E-state index in [2.05, 4.69) is 25.9 Å². The summed E-state index contributed by atoms with van der Waals surface area (Å²) in [5.74, 6) is 3.07. The van der Waals surface area contributed by atoms with Crippen molar-refractivity contribution in [2.24, 2.45) is 0 Å². The van der Waals surface area contributed by atoms with E-state index in [-0.39, 0.29) is 0 Å². The van der Waals surface area contributed by atoms with Gasteiger partial charge in [-0.1, -0.05) is 77.6 Å². The summed E-state index contributed by atoms with van der Waals surface area (Å²) in [5.41, 5.74) is 0. The third-order valence-electron chi connectivity index (χ3n) is 3.11. The van der Waals surface area contributed by atoms with E-state index in [1.807, 2.05) is 0 Å². The van der Waals surface area contributed by atoms with E-state index in [9.17, 15) is 0 Å². The van der Waals surface area contributed by atoms with Gasteiger partial charge in [0.25, 0.3) is 0 Å². The van der Waals surface area contributed by atoms with Crippen molar-refractivity contribution < 1.29 is 4.74 Å². The first-order valence-electron chi connectivity index (χ1n) is 8.01. The van der Waals surface area contributed by atoms with Crippen LogP contribution < -0.4 is 0 Å². The van der Waals surface area contributed by atoms with Gasteiger partial charge in [0.05, 0.1) is 6.61 Å². The van der Waals surface area contributed by atoms with Gasteiger partial charge in [-0.2, -0.15) is 0 Å². The topological polar surface area (TPSA) is 9.23 Å². The zero-order chi connectivity index (χ0) is 13.3. The average molecular weight is 252 g/mol. The number of hydrogen-bond donors (Lipinski definition) is 0. The first-order chi connectivity index (χ1) is 8.91. The van der Waals surface area contributed by atoms with Crippen molar-refractivity contribution in [1.29, 1.82) is 0 Å².